The number of nitrogens with one attached hydrogen (secondary N) is 7. The molecule has 0 aromatic rings. The molecule has 1 fully saturated rings. The van der Waals surface area contributed by atoms with E-state index in [1.165, 1.54) is 17.9 Å². The van der Waals surface area contributed by atoms with E-state index in [2.05, 4.69) is 48.1 Å². The second kappa shape index (κ2) is 33.1. The third kappa shape index (κ3) is 22.5. The summed E-state index contributed by atoms with van der Waals surface area (Å²) in [6, 6.07) is -8.85. The van der Waals surface area contributed by atoms with Gasteiger partial charge in [-0.2, -0.15) is 0 Å². The van der Waals surface area contributed by atoms with Crippen molar-refractivity contribution in [2.24, 2.45) is 45.1 Å². The van der Waals surface area contributed by atoms with Crippen LogP contribution >= 0.6 is 0 Å². The maximum atomic E-state index is 14.0. The van der Waals surface area contributed by atoms with Crippen molar-refractivity contribution in [2.45, 2.75) is 132 Å². The number of aliphatic hydroxyl groups is 1. The molecule has 0 spiro atoms. The first-order chi connectivity index (χ1) is 32.8. The first-order valence-electron chi connectivity index (χ1n) is 22.8. The Balaban J connectivity index is 3.07. The van der Waals surface area contributed by atoms with E-state index >= 15 is 0 Å². The molecule has 1 rings (SSSR count). The molecule has 1 saturated heterocycles. The number of aliphatic carboxylic acids is 1. The van der Waals surface area contributed by atoms with Crippen LogP contribution in [0.25, 0.3) is 0 Å². The van der Waals surface area contributed by atoms with Gasteiger partial charge in [0, 0.05) is 26.1 Å². The zero-order valence-electron chi connectivity index (χ0n) is 39.2. The number of aliphatic hydroxyl groups excluding tert-OH is 1. The van der Waals surface area contributed by atoms with E-state index in [1.54, 1.807) is 0 Å². The molecular formula is C42H74N16O11. The van der Waals surface area contributed by atoms with Crippen LogP contribution in [0.4, 0.5) is 0 Å². The van der Waals surface area contributed by atoms with Crippen LogP contribution in [0.5, 0.6) is 0 Å². The fourth-order valence-electron chi connectivity index (χ4n) is 6.83. The fourth-order valence-corrected chi connectivity index (χ4v) is 6.83. The highest BCUT2D eigenvalue weighted by molar-refractivity contribution is 5.99. The Morgan fingerprint density at radius 2 is 1.42 bits per heavy atom. The monoisotopic (exact) mass is 979 g/mol. The van der Waals surface area contributed by atoms with Crippen molar-refractivity contribution >= 4 is 59.2 Å². The summed E-state index contributed by atoms with van der Waals surface area (Å²) in [5.74, 6) is -5.82. The number of hydrogen-bond acceptors (Lipinski definition) is 16. The highest BCUT2D eigenvalue weighted by atomic mass is 16.4. The lowest BCUT2D eigenvalue weighted by molar-refractivity contribution is -0.142. The Hall–Kier alpha value is -6.44. The number of carbonyl (C=O) groups is 9. The molecule has 8 amide bonds. The average Bonchev–Trinajstić information content (AvgIpc) is 3.81. The number of carboxylic acid groups (broad SMARTS) is 1. The first kappa shape index (κ1) is 60.6. The Morgan fingerprint density at radius 3 is 2.01 bits per heavy atom. The predicted molar refractivity (Wildman–Crippen MR) is 253 cm³/mol. The lowest BCUT2D eigenvalue weighted by atomic mass is 10.1. The highest BCUT2D eigenvalue weighted by Crippen LogP contribution is 2.20. The molecule has 1 unspecified atom stereocenters. The summed E-state index contributed by atoms with van der Waals surface area (Å²) in [6.07, 6.45) is 8.12. The molecule has 0 aliphatic carbocycles. The van der Waals surface area contributed by atoms with Gasteiger partial charge in [-0.1, -0.05) is 12.5 Å². The van der Waals surface area contributed by atoms with Crippen LogP contribution in [0.1, 0.15) is 84.0 Å². The minimum Gasteiger partial charge on any atom is -0.477 e. The molecule has 0 saturated carbocycles. The number of carbonyl (C=O) groups excluding carboxylic acids is 8. The van der Waals surface area contributed by atoms with Crippen molar-refractivity contribution in [1.82, 2.24) is 42.1 Å². The maximum Gasteiger partial charge on any atom is 0.352 e. The number of unbranched alkanes of at least 4 members (excludes halogenated alkanes) is 2. The topological polar surface area (TPSA) is 476 Å². The molecule has 1 heterocycles. The number of nitrogens with zero attached hydrogens (tertiary/aromatic N) is 2. The van der Waals surface area contributed by atoms with Crippen LogP contribution in [0, 0.1) is 12.3 Å². The summed E-state index contributed by atoms with van der Waals surface area (Å²) in [5.41, 5.74) is 38.4. The predicted octanol–water partition coefficient (Wildman–Crippen LogP) is -7.05. The summed E-state index contributed by atoms with van der Waals surface area (Å²) >= 11 is 0. The number of nitrogens with two attached hydrogens (primary N) is 7. The standard InChI is InChI=1S/C42H74N16O11/c1-3-11-26(36(63)54-27(13-5-7-18-44)37(64)56-29(41(68)69)15-9-20-50-42(48)49)55-38(65)30-16-10-21-58(30)40(67)28(14-8-19-45)53-32(60)23-51-34(61)24(2)52-39(66)33(31(59)22-46)57-35(62)25(47)12-4-6-17-43/h1,15,24-28,30-31,33,59H,4-14,16-23,43-47H2,2H3,(H,51,61)(H,52,66)(H,53,60)(H,54,63)(H,55,65)(H,56,64)(H,57,62)(H,68,69)(H4,48,49,50)/b29-15-/t24?,25-,26-,27-,28+,30-,31-,33-/m0/s1. The van der Waals surface area contributed by atoms with Crippen LogP contribution in [0.15, 0.2) is 16.8 Å². The van der Waals surface area contributed by atoms with Gasteiger partial charge in [0.05, 0.1) is 18.7 Å². The molecule has 1 aliphatic rings. The number of carboxylic acids is 1. The zero-order chi connectivity index (χ0) is 52.1. The summed E-state index contributed by atoms with van der Waals surface area (Å²) in [7, 11) is 0. The van der Waals surface area contributed by atoms with E-state index < -0.39 is 120 Å². The maximum absolute atomic E-state index is 14.0. The number of rotatable bonds is 33. The van der Waals surface area contributed by atoms with Crippen molar-refractivity contribution in [3.63, 3.8) is 0 Å². The first-order valence-corrected chi connectivity index (χ1v) is 22.8. The molecule has 0 aromatic heterocycles. The molecule has 69 heavy (non-hydrogen) atoms. The van der Waals surface area contributed by atoms with Gasteiger partial charge < -0.3 is 92.5 Å². The van der Waals surface area contributed by atoms with Gasteiger partial charge >= 0.3 is 5.97 Å². The second-order valence-corrected chi connectivity index (χ2v) is 16.2. The molecule has 0 radical (unpaired) electrons. The van der Waals surface area contributed by atoms with Crippen molar-refractivity contribution in [3.8, 4) is 12.3 Å². The van der Waals surface area contributed by atoms with Gasteiger partial charge in [-0.05, 0) is 90.8 Å². The van der Waals surface area contributed by atoms with Crippen molar-refractivity contribution < 1.29 is 53.4 Å². The van der Waals surface area contributed by atoms with Crippen LogP contribution in [0.2, 0.25) is 0 Å². The Labute approximate surface area is 401 Å². The number of hydrogen-bond donors (Lipinski definition) is 16. The van der Waals surface area contributed by atoms with E-state index in [0.717, 1.165) is 0 Å². The van der Waals surface area contributed by atoms with E-state index in [1.807, 2.05) is 0 Å². The minimum atomic E-state index is -1.56. The Bertz CT molecular complexity index is 1840. The third-order valence-corrected chi connectivity index (χ3v) is 10.7. The van der Waals surface area contributed by atoms with Gasteiger partial charge in [-0.15, -0.1) is 12.3 Å². The van der Waals surface area contributed by atoms with Gasteiger partial charge in [0.2, 0.25) is 47.3 Å². The van der Waals surface area contributed by atoms with Crippen molar-refractivity contribution in [3.05, 3.63) is 11.8 Å². The molecule has 0 aromatic carbocycles. The SMILES string of the molecule is C#CC[C@H](NC(=O)[C@@H]1CCCN1C(=O)[C@@H](CCCN)NC(=O)CNC(=O)C(C)NC(=O)[C@@H](NC(=O)[C@@H](N)CCCCN)[C@@H](O)CN)C(=O)N[C@@H](CCCCN)C(=O)N/C(=C\CCN=C(N)N)C(=O)O. The number of terminal acetylenes is 1. The molecule has 23 N–H and O–H groups in total. The second-order valence-electron chi connectivity index (χ2n) is 16.2. The average molecular weight is 979 g/mol. The minimum absolute atomic E-state index is 0.0410. The molecule has 388 valence electrons. The van der Waals surface area contributed by atoms with Gasteiger partial charge in [0.25, 0.3) is 0 Å². The van der Waals surface area contributed by atoms with Crippen molar-refractivity contribution in [1.29, 1.82) is 0 Å². The number of guanidine groups is 1. The highest BCUT2D eigenvalue weighted by Gasteiger charge is 2.39. The summed E-state index contributed by atoms with van der Waals surface area (Å²) in [4.78, 5) is 123. The molecular weight excluding hydrogens is 905 g/mol. The normalized spacial score (nSPS) is 16.4. The van der Waals surface area contributed by atoms with Gasteiger partial charge in [0.15, 0.2) is 5.96 Å². The molecule has 8 atom stereocenters. The summed E-state index contributed by atoms with van der Waals surface area (Å²) in [6.45, 7) is 1.17. The lowest BCUT2D eigenvalue weighted by Crippen LogP contribution is -2.60. The van der Waals surface area contributed by atoms with Crippen LogP contribution in [0.3, 0.4) is 0 Å². The largest absolute Gasteiger partial charge is 0.477 e. The van der Waals surface area contributed by atoms with E-state index in [9.17, 15) is 53.4 Å². The quantitative estimate of drug-likeness (QED) is 0.00955. The van der Waals surface area contributed by atoms with Crippen molar-refractivity contribution in [2.75, 3.05) is 45.8 Å². The zero-order valence-corrected chi connectivity index (χ0v) is 39.2. The number of aliphatic imine (C=N–C) groups is 1. The smallest absolute Gasteiger partial charge is 0.352 e. The van der Waals surface area contributed by atoms with E-state index in [-0.39, 0.29) is 77.1 Å². The fraction of sp³-hybridized carbons (Fsp3) is 0.667. The van der Waals surface area contributed by atoms with Gasteiger partial charge in [-0.25, -0.2) is 4.79 Å². The van der Waals surface area contributed by atoms with Crippen LogP contribution in [-0.4, -0.2) is 169 Å². The number of likely N-dealkylation sites (tertiary alicyclic amines) is 1. The Kier molecular flexibility index (Phi) is 29.1. The van der Waals surface area contributed by atoms with Crippen LogP contribution in [-0.2, 0) is 43.2 Å². The van der Waals surface area contributed by atoms with E-state index in [0.29, 0.717) is 38.6 Å². The third-order valence-electron chi connectivity index (χ3n) is 10.7. The molecule has 0 bridgehead atoms. The molecule has 1 aliphatic heterocycles. The summed E-state index contributed by atoms with van der Waals surface area (Å²) < 4.78 is 0. The molecule has 27 nitrogen and oxygen atoms in total. The Morgan fingerprint density at radius 1 is 0.783 bits per heavy atom. The lowest BCUT2D eigenvalue weighted by Gasteiger charge is -2.30. The van der Waals surface area contributed by atoms with Crippen LogP contribution < -0.4 is 77.4 Å². The summed E-state index contributed by atoms with van der Waals surface area (Å²) in [5, 5.41) is 37.1. The van der Waals surface area contributed by atoms with E-state index in [4.69, 9.17) is 46.6 Å². The van der Waals surface area contributed by atoms with Gasteiger partial charge in [0.1, 0.15) is 41.9 Å². The van der Waals surface area contributed by atoms with Gasteiger partial charge in [-0.3, -0.25) is 43.3 Å². The molecule has 27 heteroatoms. The number of amides is 8.